The number of benzene rings is 1. The molecule has 0 atom stereocenters. The molecule has 21 heavy (non-hydrogen) atoms. The fourth-order valence-electron chi connectivity index (χ4n) is 2.78. The normalized spacial score (nSPS) is 14.6. The molecule has 0 spiro atoms. The van der Waals surface area contributed by atoms with Crippen molar-refractivity contribution in [3.8, 4) is 5.69 Å². The lowest BCUT2D eigenvalue weighted by molar-refractivity contribution is 0.0688. The summed E-state index contributed by atoms with van der Waals surface area (Å²) in [5.41, 5.74) is 2.55. The van der Waals surface area contributed by atoms with Gasteiger partial charge in [-0.05, 0) is 59.8 Å². The van der Waals surface area contributed by atoms with Gasteiger partial charge in [-0.15, -0.1) is 0 Å². The van der Waals surface area contributed by atoms with Crippen molar-refractivity contribution in [1.29, 1.82) is 0 Å². The predicted octanol–water partition coefficient (Wildman–Crippen LogP) is 3.74. The molecule has 1 aromatic heterocycles. The van der Waals surface area contributed by atoms with Gasteiger partial charge in [0.1, 0.15) is 5.82 Å². The van der Waals surface area contributed by atoms with Crippen LogP contribution in [0.1, 0.15) is 41.0 Å². The van der Waals surface area contributed by atoms with E-state index in [1.54, 1.807) is 16.8 Å². The van der Waals surface area contributed by atoms with E-state index in [4.69, 9.17) is 0 Å². The van der Waals surface area contributed by atoms with Gasteiger partial charge in [0.05, 0.1) is 10.2 Å². The Hall–Kier alpha value is -1.69. The van der Waals surface area contributed by atoms with Crippen LogP contribution in [0.15, 0.2) is 22.7 Å². The summed E-state index contributed by atoms with van der Waals surface area (Å²) in [6.07, 6.45) is 4.61. The standard InChI is InChI=1S/C15H14BrFN2O2/c16-11-8-9(6-7-12(11)17)19-13-5-3-1-2-4-10(13)14(18-19)15(20)21/h6-8H,1-5H2,(H,20,21). The Balaban J connectivity index is 2.17. The van der Waals surface area contributed by atoms with Gasteiger partial charge in [0.2, 0.25) is 0 Å². The highest BCUT2D eigenvalue weighted by molar-refractivity contribution is 9.10. The van der Waals surface area contributed by atoms with Crippen molar-refractivity contribution in [2.45, 2.75) is 32.1 Å². The van der Waals surface area contributed by atoms with E-state index in [2.05, 4.69) is 21.0 Å². The van der Waals surface area contributed by atoms with Crippen molar-refractivity contribution in [2.75, 3.05) is 0 Å². The molecule has 1 N–H and O–H groups in total. The SMILES string of the molecule is O=C(O)c1nn(-c2ccc(F)c(Br)c2)c2c1CCCCC2. The van der Waals surface area contributed by atoms with Crippen LogP contribution in [0.3, 0.4) is 0 Å². The van der Waals surface area contributed by atoms with Gasteiger partial charge in [-0.1, -0.05) is 6.42 Å². The van der Waals surface area contributed by atoms with Crippen molar-refractivity contribution in [3.63, 3.8) is 0 Å². The molecular weight excluding hydrogens is 339 g/mol. The Bertz CT molecular complexity index is 712. The van der Waals surface area contributed by atoms with Gasteiger partial charge in [-0.2, -0.15) is 5.10 Å². The molecule has 0 fully saturated rings. The first-order valence-corrected chi connectivity index (χ1v) is 7.66. The number of rotatable bonds is 2. The minimum Gasteiger partial charge on any atom is -0.476 e. The zero-order valence-electron chi connectivity index (χ0n) is 11.3. The number of hydrogen-bond acceptors (Lipinski definition) is 2. The van der Waals surface area contributed by atoms with Crippen LogP contribution in [0.2, 0.25) is 0 Å². The summed E-state index contributed by atoms with van der Waals surface area (Å²) in [4.78, 5) is 11.4. The Morgan fingerprint density at radius 1 is 1.29 bits per heavy atom. The largest absolute Gasteiger partial charge is 0.476 e. The average Bonchev–Trinajstić information content (AvgIpc) is 2.65. The highest BCUT2D eigenvalue weighted by atomic mass is 79.9. The lowest BCUT2D eigenvalue weighted by Crippen LogP contribution is -2.04. The summed E-state index contributed by atoms with van der Waals surface area (Å²) in [6, 6.07) is 4.59. The second kappa shape index (κ2) is 5.60. The molecule has 0 unspecified atom stereocenters. The van der Waals surface area contributed by atoms with Crippen LogP contribution in [0.4, 0.5) is 4.39 Å². The maximum atomic E-state index is 13.4. The molecule has 0 radical (unpaired) electrons. The molecular formula is C15H14BrFN2O2. The topological polar surface area (TPSA) is 55.1 Å². The second-order valence-corrected chi connectivity index (χ2v) is 6.00. The minimum absolute atomic E-state index is 0.118. The fraction of sp³-hybridized carbons (Fsp3) is 0.333. The summed E-state index contributed by atoms with van der Waals surface area (Å²) in [5, 5.41) is 13.6. The van der Waals surface area contributed by atoms with Gasteiger partial charge in [0.25, 0.3) is 0 Å². The molecule has 1 aliphatic rings. The van der Waals surface area contributed by atoms with Crippen molar-refractivity contribution < 1.29 is 14.3 Å². The van der Waals surface area contributed by atoms with Crippen LogP contribution < -0.4 is 0 Å². The molecule has 2 aromatic rings. The first kappa shape index (κ1) is 14.3. The van der Waals surface area contributed by atoms with Gasteiger partial charge in [-0.3, -0.25) is 0 Å². The van der Waals surface area contributed by atoms with Gasteiger partial charge in [0.15, 0.2) is 5.69 Å². The smallest absolute Gasteiger partial charge is 0.356 e. The summed E-state index contributed by atoms with van der Waals surface area (Å²) in [5.74, 6) is -1.36. The number of hydrogen-bond donors (Lipinski definition) is 1. The van der Waals surface area contributed by atoms with Crippen molar-refractivity contribution in [3.05, 3.63) is 45.4 Å². The van der Waals surface area contributed by atoms with E-state index in [-0.39, 0.29) is 11.5 Å². The summed E-state index contributed by atoms with van der Waals surface area (Å²) in [7, 11) is 0. The highest BCUT2D eigenvalue weighted by Gasteiger charge is 2.24. The van der Waals surface area contributed by atoms with Gasteiger partial charge < -0.3 is 5.11 Å². The Morgan fingerprint density at radius 3 is 2.76 bits per heavy atom. The molecule has 6 heteroatoms. The first-order valence-electron chi connectivity index (χ1n) is 6.87. The summed E-state index contributed by atoms with van der Waals surface area (Å²) >= 11 is 3.16. The number of aromatic carboxylic acids is 1. The van der Waals surface area contributed by atoms with Crippen molar-refractivity contribution in [1.82, 2.24) is 9.78 Å². The highest BCUT2D eigenvalue weighted by Crippen LogP contribution is 2.28. The van der Waals surface area contributed by atoms with Gasteiger partial charge in [-0.25, -0.2) is 13.9 Å². The Kier molecular flexibility index (Phi) is 3.80. The van der Waals surface area contributed by atoms with Crippen LogP contribution >= 0.6 is 15.9 Å². The lowest BCUT2D eigenvalue weighted by Gasteiger charge is -2.08. The van der Waals surface area contributed by atoms with Crippen LogP contribution in [0.25, 0.3) is 5.69 Å². The zero-order chi connectivity index (χ0) is 15.0. The van der Waals surface area contributed by atoms with Crippen molar-refractivity contribution in [2.24, 2.45) is 0 Å². The van der Waals surface area contributed by atoms with Crippen LogP contribution in [0, 0.1) is 5.82 Å². The predicted molar refractivity (Wildman–Crippen MR) is 79.4 cm³/mol. The molecule has 1 heterocycles. The number of nitrogens with zero attached hydrogens (tertiary/aromatic N) is 2. The van der Waals surface area contributed by atoms with Crippen molar-refractivity contribution >= 4 is 21.9 Å². The number of carbonyl (C=O) groups is 1. The first-order chi connectivity index (χ1) is 10.1. The van der Waals surface area contributed by atoms with E-state index >= 15 is 0 Å². The molecule has 0 amide bonds. The lowest BCUT2D eigenvalue weighted by atomic mass is 10.1. The summed E-state index contributed by atoms with van der Waals surface area (Å²) in [6.45, 7) is 0. The third kappa shape index (κ3) is 2.60. The molecule has 3 rings (SSSR count). The average molecular weight is 353 g/mol. The van der Waals surface area contributed by atoms with E-state index in [9.17, 15) is 14.3 Å². The molecule has 110 valence electrons. The molecule has 4 nitrogen and oxygen atoms in total. The van der Waals surface area contributed by atoms with E-state index in [0.29, 0.717) is 10.2 Å². The monoisotopic (exact) mass is 352 g/mol. The van der Waals surface area contributed by atoms with E-state index < -0.39 is 5.97 Å². The van der Waals surface area contributed by atoms with E-state index in [1.807, 2.05) is 0 Å². The van der Waals surface area contributed by atoms with Gasteiger partial charge >= 0.3 is 5.97 Å². The molecule has 0 aliphatic heterocycles. The Morgan fingerprint density at radius 2 is 2.05 bits per heavy atom. The molecule has 0 saturated carbocycles. The Labute approximate surface area is 129 Å². The van der Waals surface area contributed by atoms with Crippen LogP contribution in [0.5, 0.6) is 0 Å². The number of carboxylic acids is 1. The fourth-order valence-corrected chi connectivity index (χ4v) is 3.14. The van der Waals surface area contributed by atoms with E-state index in [1.165, 1.54) is 6.07 Å². The maximum Gasteiger partial charge on any atom is 0.356 e. The number of carboxylic acid groups (broad SMARTS) is 1. The molecule has 0 bridgehead atoms. The number of fused-ring (bicyclic) bond motifs is 1. The maximum absolute atomic E-state index is 13.4. The quantitative estimate of drug-likeness (QED) is 0.837. The molecule has 0 saturated heterocycles. The molecule has 1 aromatic carbocycles. The van der Waals surface area contributed by atoms with Crippen LogP contribution in [-0.4, -0.2) is 20.9 Å². The number of halogens is 2. The second-order valence-electron chi connectivity index (χ2n) is 5.15. The van der Waals surface area contributed by atoms with E-state index in [0.717, 1.165) is 43.4 Å². The number of aromatic nitrogens is 2. The van der Waals surface area contributed by atoms with Gasteiger partial charge in [0, 0.05) is 11.3 Å². The van der Waals surface area contributed by atoms with Crippen LogP contribution in [-0.2, 0) is 12.8 Å². The molecule has 1 aliphatic carbocycles. The third-order valence-corrected chi connectivity index (χ3v) is 4.39. The zero-order valence-corrected chi connectivity index (χ0v) is 12.9. The minimum atomic E-state index is -1.01. The summed E-state index contributed by atoms with van der Waals surface area (Å²) < 4.78 is 15.4. The third-order valence-electron chi connectivity index (χ3n) is 3.78.